The van der Waals surface area contributed by atoms with E-state index in [1.54, 1.807) is 48.5 Å². The van der Waals surface area contributed by atoms with Gasteiger partial charge in [0.1, 0.15) is 11.5 Å². The Labute approximate surface area is 179 Å². The van der Waals surface area contributed by atoms with Gasteiger partial charge in [0.05, 0.1) is 22.7 Å². The Morgan fingerprint density at radius 2 is 0.645 bits per heavy atom. The second-order valence-electron chi connectivity index (χ2n) is 6.94. The second-order valence-corrected chi connectivity index (χ2v) is 6.94. The second kappa shape index (κ2) is 9.45. The summed E-state index contributed by atoms with van der Waals surface area (Å²) in [6, 6.07) is 29.0. The average molecular weight is 408 g/mol. The maximum Gasteiger partial charge on any atom is 0.115 e. The van der Waals surface area contributed by atoms with E-state index in [1.807, 2.05) is 48.5 Å². The molecule has 4 aromatic carbocycles. The molecule has 0 saturated heterocycles. The number of phenols is 2. The van der Waals surface area contributed by atoms with Crippen molar-refractivity contribution in [2.45, 2.75) is 6.42 Å². The van der Waals surface area contributed by atoms with E-state index in [2.05, 4.69) is 20.5 Å². The van der Waals surface area contributed by atoms with E-state index in [0.717, 1.165) is 17.8 Å². The van der Waals surface area contributed by atoms with Gasteiger partial charge >= 0.3 is 0 Å². The van der Waals surface area contributed by atoms with E-state index in [9.17, 15) is 10.2 Å². The zero-order chi connectivity index (χ0) is 21.5. The highest BCUT2D eigenvalue weighted by Crippen LogP contribution is 2.23. The van der Waals surface area contributed by atoms with Crippen LogP contribution in [0.25, 0.3) is 0 Å². The van der Waals surface area contributed by atoms with Crippen molar-refractivity contribution in [1.82, 2.24) is 0 Å². The molecule has 0 aliphatic carbocycles. The van der Waals surface area contributed by atoms with Crippen molar-refractivity contribution in [1.29, 1.82) is 0 Å². The summed E-state index contributed by atoms with van der Waals surface area (Å²) in [7, 11) is 0. The van der Waals surface area contributed by atoms with E-state index in [1.165, 1.54) is 11.1 Å². The van der Waals surface area contributed by atoms with Gasteiger partial charge in [0.2, 0.25) is 0 Å². The van der Waals surface area contributed by atoms with Crippen LogP contribution >= 0.6 is 0 Å². The first-order valence-electron chi connectivity index (χ1n) is 9.73. The Morgan fingerprint density at radius 1 is 0.387 bits per heavy atom. The third-order valence-electron chi connectivity index (χ3n) is 4.54. The summed E-state index contributed by atoms with van der Waals surface area (Å²) in [5.74, 6) is 0.411. The van der Waals surface area contributed by atoms with Gasteiger partial charge in [-0.2, -0.15) is 20.5 Å². The molecule has 0 aliphatic heterocycles. The fraction of sp³-hybridized carbons (Fsp3) is 0.0400. The van der Waals surface area contributed by atoms with Crippen LogP contribution in [0.1, 0.15) is 11.1 Å². The van der Waals surface area contributed by atoms with Gasteiger partial charge in [-0.25, -0.2) is 0 Å². The van der Waals surface area contributed by atoms with E-state index >= 15 is 0 Å². The molecule has 0 radical (unpaired) electrons. The van der Waals surface area contributed by atoms with Crippen molar-refractivity contribution < 1.29 is 10.2 Å². The van der Waals surface area contributed by atoms with Gasteiger partial charge < -0.3 is 10.2 Å². The van der Waals surface area contributed by atoms with Gasteiger partial charge in [-0.3, -0.25) is 0 Å². The highest BCUT2D eigenvalue weighted by Gasteiger charge is 1.99. The lowest BCUT2D eigenvalue weighted by atomic mass is 10.0. The molecular weight excluding hydrogens is 388 g/mol. The normalized spacial score (nSPS) is 11.4. The minimum absolute atomic E-state index is 0.205. The van der Waals surface area contributed by atoms with Crippen LogP contribution in [0.2, 0.25) is 0 Å². The average Bonchev–Trinajstić information content (AvgIpc) is 2.80. The first-order valence-corrected chi connectivity index (χ1v) is 9.73. The molecule has 0 bridgehead atoms. The lowest BCUT2D eigenvalue weighted by molar-refractivity contribution is 0.475. The first-order chi connectivity index (χ1) is 15.1. The predicted octanol–water partition coefficient (Wildman–Crippen LogP) is 7.52. The van der Waals surface area contributed by atoms with Crippen molar-refractivity contribution in [3.8, 4) is 11.5 Å². The molecule has 0 unspecified atom stereocenters. The zero-order valence-electron chi connectivity index (χ0n) is 16.6. The van der Waals surface area contributed by atoms with Crippen molar-refractivity contribution in [2.75, 3.05) is 0 Å². The lowest BCUT2D eigenvalue weighted by Gasteiger charge is -2.03. The maximum atomic E-state index is 9.30. The number of azo groups is 2. The molecule has 0 aliphatic rings. The van der Waals surface area contributed by atoms with Crippen LogP contribution in [0, 0.1) is 0 Å². The molecule has 0 spiro atoms. The molecule has 0 aromatic heterocycles. The molecule has 0 heterocycles. The highest BCUT2D eigenvalue weighted by molar-refractivity contribution is 5.45. The SMILES string of the molecule is Oc1ccc(N=Nc2ccc(Cc3ccc(N=Nc4ccc(O)cc4)cc3)cc2)cc1. The summed E-state index contributed by atoms with van der Waals surface area (Å²) < 4.78 is 0. The molecule has 6 nitrogen and oxygen atoms in total. The minimum Gasteiger partial charge on any atom is -0.508 e. The third kappa shape index (κ3) is 5.83. The van der Waals surface area contributed by atoms with Crippen LogP contribution in [0.4, 0.5) is 22.7 Å². The lowest BCUT2D eigenvalue weighted by Crippen LogP contribution is -1.86. The summed E-state index contributed by atoms with van der Waals surface area (Å²) in [4.78, 5) is 0. The van der Waals surface area contributed by atoms with Crippen LogP contribution in [0.15, 0.2) is 118 Å². The third-order valence-corrected chi connectivity index (χ3v) is 4.54. The van der Waals surface area contributed by atoms with Crippen molar-refractivity contribution in [3.63, 3.8) is 0 Å². The monoisotopic (exact) mass is 408 g/mol. The number of nitrogens with zero attached hydrogens (tertiary/aromatic N) is 4. The largest absolute Gasteiger partial charge is 0.508 e. The molecule has 0 atom stereocenters. The number of hydrogen-bond donors (Lipinski definition) is 2. The summed E-state index contributed by atoms with van der Waals surface area (Å²) in [6.07, 6.45) is 0.796. The van der Waals surface area contributed by atoms with Gasteiger partial charge in [0.25, 0.3) is 0 Å². The first kappa shape index (κ1) is 20.0. The quantitative estimate of drug-likeness (QED) is 0.323. The summed E-state index contributed by atoms with van der Waals surface area (Å²) >= 11 is 0. The molecule has 4 aromatic rings. The molecule has 152 valence electrons. The van der Waals surface area contributed by atoms with E-state index in [4.69, 9.17) is 0 Å². The minimum atomic E-state index is 0.205. The molecule has 6 heteroatoms. The number of phenolic OH excluding ortho intramolecular Hbond substituents is 2. The Bertz CT molecular complexity index is 1090. The molecule has 31 heavy (non-hydrogen) atoms. The van der Waals surface area contributed by atoms with E-state index < -0.39 is 0 Å². The maximum absolute atomic E-state index is 9.30. The fourth-order valence-corrected chi connectivity index (χ4v) is 2.87. The topological polar surface area (TPSA) is 89.9 Å². The smallest absolute Gasteiger partial charge is 0.115 e. The Hall–Kier alpha value is -4.32. The van der Waals surface area contributed by atoms with Gasteiger partial charge in [0, 0.05) is 0 Å². The molecule has 0 amide bonds. The molecule has 0 fully saturated rings. The van der Waals surface area contributed by atoms with Crippen LogP contribution in [0.5, 0.6) is 11.5 Å². The van der Waals surface area contributed by atoms with Gasteiger partial charge in [-0.05, 0) is 90.3 Å². The summed E-state index contributed by atoms with van der Waals surface area (Å²) in [5.41, 5.74) is 5.24. The number of rotatable bonds is 6. The number of aromatic hydroxyl groups is 2. The van der Waals surface area contributed by atoms with Crippen LogP contribution in [-0.4, -0.2) is 10.2 Å². The number of benzene rings is 4. The molecule has 0 saturated carbocycles. The Kier molecular flexibility index (Phi) is 6.09. The zero-order valence-corrected chi connectivity index (χ0v) is 16.6. The van der Waals surface area contributed by atoms with Crippen LogP contribution in [-0.2, 0) is 6.42 Å². The Balaban J connectivity index is 1.35. The van der Waals surface area contributed by atoms with Gasteiger partial charge in [-0.1, -0.05) is 24.3 Å². The van der Waals surface area contributed by atoms with Crippen molar-refractivity contribution >= 4 is 22.7 Å². The number of hydrogen-bond acceptors (Lipinski definition) is 6. The summed E-state index contributed by atoms with van der Waals surface area (Å²) in [6.45, 7) is 0. The molecule has 4 rings (SSSR count). The molecular formula is C25H20N4O2. The van der Waals surface area contributed by atoms with Crippen molar-refractivity contribution in [2.24, 2.45) is 20.5 Å². The van der Waals surface area contributed by atoms with Gasteiger partial charge in [0.15, 0.2) is 0 Å². The van der Waals surface area contributed by atoms with Crippen LogP contribution < -0.4 is 0 Å². The highest BCUT2D eigenvalue weighted by atomic mass is 16.3. The molecule has 2 N–H and O–H groups in total. The standard InChI is InChI=1S/C25H20N4O2/c30-24-13-9-22(10-14-24)28-26-20-5-1-18(2-6-20)17-19-3-7-21(8-4-19)27-29-23-11-15-25(31)16-12-23/h1-16,30-31H,17H2. The fourth-order valence-electron chi connectivity index (χ4n) is 2.87. The predicted molar refractivity (Wildman–Crippen MR) is 120 cm³/mol. The van der Waals surface area contributed by atoms with Crippen molar-refractivity contribution in [3.05, 3.63) is 108 Å². The van der Waals surface area contributed by atoms with E-state index in [0.29, 0.717) is 11.4 Å². The van der Waals surface area contributed by atoms with E-state index in [-0.39, 0.29) is 11.5 Å². The summed E-state index contributed by atoms with van der Waals surface area (Å²) in [5, 5.41) is 35.4. The van der Waals surface area contributed by atoms with Crippen LogP contribution in [0.3, 0.4) is 0 Å². The Morgan fingerprint density at radius 3 is 0.935 bits per heavy atom. The van der Waals surface area contributed by atoms with Gasteiger partial charge in [-0.15, -0.1) is 0 Å².